The average molecular weight is 658 g/mol. The number of pyridine rings is 2. The predicted molar refractivity (Wildman–Crippen MR) is 188 cm³/mol. The number of carbonyl (C=O) groups excluding carboxylic acids is 1. The zero-order valence-electron chi connectivity index (χ0n) is 27.7. The molecule has 1 aliphatic heterocycles. The van der Waals surface area contributed by atoms with Crippen LogP contribution >= 0.6 is 0 Å². The maximum atomic E-state index is 13.3. The summed E-state index contributed by atoms with van der Waals surface area (Å²) in [4.78, 5) is 26.6. The lowest BCUT2D eigenvalue weighted by Crippen LogP contribution is -2.47. The summed E-state index contributed by atoms with van der Waals surface area (Å²) in [5, 5.41) is 21.5. The number of hydrogen-bond donors (Lipinski definition) is 3. The van der Waals surface area contributed by atoms with Crippen LogP contribution in [0.4, 0.5) is 5.82 Å². The summed E-state index contributed by atoms with van der Waals surface area (Å²) in [5.41, 5.74) is 14.6. The molecule has 2 fully saturated rings. The molecule has 1 amide bonds. The summed E-state index contributed by atoms with van der Waals surface area (Å²) in [6.45, 7) is 5.66. The van der Waals surface area contributed by atoms with Crippen LogP contribution < -0.4 is 11.1 Å². The molecule has 0 unspecified atom stereocenters. The fraction of sp³-hybridized carbons (Fsp3) is 0.385. The summed E-state index contributed by atoms with van der Waals surface area (Å²) in [6, 6.07) is 23.1. The van der Waals surface area contributed by atoms with Gasteiger partial charge in [0.1, 0.15) is 17.6 Å². The van der Waals surface area contributed by atoms with Gasteiger partial charge in [-0.15, -0.1) is 0 Å². The van der Waals surface area contributed by atoms with E-state index in [0.717, 1.165) is 64.0 Å². The number of fused-ring (bicyclic) bond motifs is 1. The lowest BCUT2D eigenvalue weighted by atomic mass is 9.98. The quantitative estimate of drug-likeness (QED) is 0.221. The summed E-state index contributed by atoms with van der Waals surface area (Å²) >= 11 is 0. The number of nitriles is 1. The first kappa shape index (κ1) is 32.9. The van der Waals surface area contributed by atoms with Crippen LogP contribution in [0.5, 0.6) is 0 Å². The number of piperazine rings is 1. The van der Waals surface area contributed by atoms with Gasteiger partial charge in [-0.3, -0.25) is 14.6 Å². The molecule has 10 nitrogen and oxygen atoms in total. The largest absolute Gasteiger partial charge is 0.395 e. The minimum Gasteiger partial charge on any atom is -0.395 e. The molecule has 4 aromatic rings. The van der Waals surface area contributed by atoms with Crippen LogP contribution in [0.15, 0.2) is 73.1 Å². The Morgan fingerprint density at radius 3 is 2.51 bits per heavy atom. The molecule has 0 spiro atoms. The molecule has 49 heavy (non-hydrogen) atoms. The van der Waals surface area contributed by atoms with Crippen molar-refractivity contribution in [2.45, 2.75) is 56.9 Å². The van der Waals surface area contributed by atoms with Gasteiger partial charge in [0.25, 0.3) is 5.91 Å². The highest BCUT2D eigenvalue weighted by atomic mass is 16.5. The van der Waals surface area contributed by atoms with Crippen molar-refractivity contribution in [1.82, 2.24) is 25.1 Å². The van der Waals surface area contributed by atoms with E-state index in [4.69, 9.17) is 15.7 Å². The molecule has 1 saturated carbocycles. The first-order valence-electron chi connectivity index (χ1n) is 17.3. The van der Waals surface area contributed by atoms with Crippen LogP contribution in [0.25, 0.3) is 22.3 Å². The monoisotopic (exact) mass is 657 g/mol. The standard InChI is InChI=1S/C39H43N7O3/c40-22-32-11-8-30(23-42-32)34-21-31(24-43-38(34)41)39(48)44-35-2-1-3-37(35)49-25-26-4-6-27(7-5-26)28-9-12-33-29(20-28)10-13-36(33)46-16-14-45(15-17-46)18-19-47/h4-9,11-12,20-21,23-24,35-37,47H,1-3,10,13-19,25H2,(H2,41,43)(H,44,48)/t35-,36-,37-/m0/s1. The molecule has 2 aromatic carbocycles. The zero-order valence-corrected chi connectivity index (χ0v) is 27.7. The molecule has 2 aliphatic carbocycles. The van der Waals surface area contributed by atoms with Crippen LogP contribution in [0.1, 0.15) is 64.5 Å². The first-order chi connectivity index (χ1) is 24.0. The number of ether oxygens (including phenoxy) is 1. The number of nitrogens with two attached hydrogens (primary N) is 1. The van der Waals surface area contributed by atoms with E-state index in [1.807, 2.05) is 6.07 Å². The van der Waals surface area contributed by atoms with Gasteiger partial charge in [-0.05, 0) is 78.1 Å². The van der Waals surface area contributed by atoms with Gasteiger partial charge in [0.2, 0.25) is 0 Å². The summed E-state index contributed by atoms with van der Waals surface area (Å²) in [7, 11) is 0. The molecule has 1 saturated heterocycles. The minimum atomic E-state index is -0.221. The normalized spacial score (nSPS) is 20.9. The Labute approximate surface area is 287 Å². The maximum absolute atomic E-state index is 13.3. The highest BCUT2D eigenvalue weighted by Gasteiger charge is 2.31. The van der Waals surface area contributed by atoms with E-state index in [2.05, 4.69) is 67.5 Å². The second-order valence-corrected chi connectivity index (χ2v) is 13.3. The third kappa shape index (κ3) is 7.36. The highest BCUT2D eigenvalue weighted by molar-refractivity contribution is 5.96. The van der Waals surface area contributed by atoms with Gasteiger partial charge < -0.3 is 20.9 Å². The maximum Gasteiger partial charge on any atom is 0.253 e. The number of aromatic nitrogens is 2. The van der Waals surface area contributed by atoms with Crippen molar-refractivity contribution in [1.29, 1.82) is 5.26 Å². The van der Waals surface area contributed by atoms with E-state index in [-0.39, 0.29) is 24.7 Å². The van der Waals surface area contributed by atoms with E-state index >= 15 is 0 Å². The molecule has 3 atom stereocenters. The lowest BCUT2D eigenvalue weighted by Gasteiger charge is -2.38. The molecule has 3 aliphatic rings. The number of amides is 1. The number of benzene rings is 2. The Hall–Kier alpha value is -4.66. The van der Waals surface area contributed by atoms with Crippen molar-refractivity contribution in [2.24, 2.45) is 0 Å². The Balaban J connectivity index is 0.936. The van der Waals surface area contributed by atoms with Gasteiger partial charge in [-0.25, -0.2) is 9.97 Å². The van der Waals surface area contributed by atoms with Gasteiger partial charge in [0.15, 0.2) is 0 Å². The highest BCUT2D eigenvalue weighted by Crippen LogP contribution is 2.38. The Kier molecular flexibility index (Phi) is 9.96. The zero-order chi connectivity index (χ0) is 33.7. The van der Waals surface area contributed by atoms with E-state index in [1.165, 1.54) is 34.9 Å². The Morgan fingerprint density at radius 2 is 1.76 bits per heavy atom. The first-order valence-corrected chi connectivity index (χ1v) is 17.3. The average Bonchev–Trinajstić information content (AvgIpc) is 3.78. The van der Waals surface area contributed by atoms with Crippen LogP contribution in [0, 0.1) is 11.3 Å². The van der Waals surface area contributed by atoms with Crippen LogP contribution in [-0.2, 0) is 17.8 Å². The van der Waals surface area contributed by atoms with Crippen molar-refractivity contribution in [2.75, 3.05) is 45.1 Å². The van der Waals surface area contributed by atoms with Crippen LogP contribution in [0.2, 0.25) is 0 Å². The lowest BCUT2D eigenvalue weighted by molar-refractivity contribution is 0.0272. The second-order valence-electron chi connectivity index (χ2n) is 13.3. The molecule has 0 radical (unpaired) electrons. The number of hydrogen-bond acceptors (Lipinski definition) is 9. The summed E-state index contributed by atoms with van der Waals surface area (Å²) in [6.07, 6.45) is 7.98. The van der Waals surface area contributed by atoms with Gasteiger partial charge in [-0.2, -0.15) is 5.26 Å². The number of carbonyl (C=O) groups is 1. The SMILES string of the molecule is N#Cc1ccc(-c2cc(C(=O)N[C@H]3CCC[C@@H]3OCc3ccc(-c4ccc5c(c4)CC[C@@H]5N4CCN(CCO)CC4)cc3)cnc2N)cn1. The number of aryl methyl sites for hydroxylation is 1. The number of aliphatic hydroxyl groups is 1. The molecule has 7 rings (SSSR count). The smallest absolute Gasteiger partial charge is 0.253 e. The van der Waals surface area contributed by atoms with E-state index in [1.54, 1.807) is 24.4 Å². The van der Waals surface area contributed by atoms with Crippen LogP contribution in [-0.4, -0.2) is 82.3 Å². The van der Waals surface area contributed by atoms with E-state index in [9.17, 15) is 9.90 Å². The van der Waals surface area contributed by atoms with Crippen molar-refractivity contribution in [3.05, 3.63) is 101 Å². The molecule has 0 bridgehead atoms. The number of nitrogens with zero attached hydrogens (tertiary/aromatic N) is 5. The third-order valence-electron chi connectivity index (χ3n) is 10.3. The number of rotatable bonds is 10. The molecular weight excluding hydrogens is 614 g/mol. The van der Waals surface area contributed by atoms with Crippen molar-refractivity contribution in [3.63, 3.8) is 0 Å². The number of nitrogen functional groups attached to an aromatic ring is 1. The number of nitrogens with one attached hydrogen (secondary N) is 1. The second kappa shape index (κ2) is 14.8. The van der Waals surface area contributed by atoms with Gasteiger partial charge >= 0.3 is 0 Å². The fourth-order valence-electron chi connectivity index (χ4n) is 7.58. The van der Waals surface area contributed by atoms with Crippen molar-refractivity contribution < 1.29 is 14.6 Å². The van der Waals surface area contributed by atoms with E-state index < -0.39 is 0 Å². The fourth-order valence-corrected chi connectivity index (χ4v) is 7.58. The van der Waals surface area contributed by atoms with Crippen molar-refractivity contribution >= 4 is 11.7 Å². The summed E-state index contributed by atoms with van der Waals surface area (Å²) < 4.78 is 6.36. The number of anilines is 1. The number of β-amino-alcohol motifs (C(OH)–C–C–N with tert-alkyl or cyclic N) is 1. The van der Waals surface area contributed by atoms with Gasteiger partial charge in [0, 0.05) is 62.3 Å². The molecule has 3 heterocycles. The van der Waals surface area contributed by atoms with Gasteiger partial charge in [0.05, 0.1) is 30.9 Å². The van der Waals surface area contributed by atoms with Gasteiger partial charge in [-0.1, -0.05) is 42.5 Å². The predicted octanol–water partition coefficient (Wildman–Crippen LogP) is 4.73. The minimum absolute atomic E-state index is 0.0742. The van der Waals surface area contributed by atoms with E-state index in [0.29, 0.717) is 40.9 Å². The van der Waals surface area contributed by atoms with Crippen LogP contribution in [0.3, 0.4) is 0 Å². The topological polar surface area (TPSA) is 141 Å². The molecule has 252 valence electrons. The number of aliphatic hydroxyl groups excluding tert-OH is 1. The molecule has 2 aromatic heterocycles. The third-order valence-corrected chi connectivity index (χ3v) is 10.3. The Morgan fingerprint density at radius 1 is 0.959 bits per heavy atom. The molecule has 10 heteroatoms. The van der Waals surface area contributed by atoms with Crippen molar-refractivity contribution in [3.8, 4) is 28.3 Å². The Bertz CT molecular complexity index is 1810. The molecular formula is C39H43N7O3. The summed E-state index contributed by atoms with van der Waals surface area (Å²) in [5.74, 6) is 0.0722. The molecule has 4 N–H and O–H groups in total.